The number of carbonyl (C=O) groups excluding carboxylic acids is 3. The molecule has 0 radical (unpaired) electrons. The summed E-state index contributed by atoms with van der Waals surface area (Å²) in [5.41, 5.74) is 2.92. The SMILES string of the molecule is COc1cc(/C=N\NC(=O)C(=O)Nc2ccc(F)cc2)ccc1OC(=O)c1ccc(Cl)cc1Cl. The molecule has 2 N–H and O–H groups in total. The van der Waals surface area contributed by atoms with Gasteiger partial charge in [0, 0.05) is 10.7 Å². The van der Waals surface area contributed by atoms with Gasteiger partial charge in [-0.15, -0.1) is 0 Å². The molecule has 0 heterocycles. The highest BCUT2D eigenvalue weighted by Crippen LogP contribution is 2.30. The predicted molar refractivity (Wildman–Crippen MR) is 125 cm³/mol. The Morgan fingerprint density at radius 2 is 1.68 bits per heavy atom. The van der Waals surface area contributed by atoms with Gasteiger partial charge in [-0.25, -0.2) is 14.6 Å². The molecule has 0 fully saturated rings. The van der Waals surface area contributed by atoms with Crippen LogP contribution in [0.15, 0.2) is 65.8 Å². The third-order valence-corrected chi connectivity index (χ3v) is 4.78. The van der Waals surface area contributed by atoms with Crippen molar-refractivity contribution in [3.63, 3.8) is 0 Å². The van der Waals surface area contributed by atoms with Gasteiger partial charge < -0.3 is 14.8 Å². The summed E-state index contributed by atoms with van der Waals surface area (Å²) in [6, 6.07) is 13.8. The van der Waals surface area contributed by atoms with Crippen molar-refractivity contribution in [2.24, 2.45) is 5.10 Å². The highest BCUT2D eigenvalue weighted by atomic mass is 35.5. The Labute approximate surface area is 203 Å². The molecule has 174 valence electrons. The first kappa shape index (κ1) is 24.7. The predicted octanol–water partition coefficient (Wildman–Crippen LogP) is 4.45. The summed E-state index contributed by atoms with van der Waals surface area (Å²) < 4.78 is 23.5. The van der Waals surface area contributed by atoms with Gasteiger partial charge in [0.05, 0.1) is 23.9 Å². The lowest BCUT2D eigenvalue weighted by Crippen LogP contribution is -2.32. The molecule has 3 aromatic carbocycles. The van der Waals surface area contributed by atoms with Crippen LogP contribution in [-0.2, 0) is 9.59 Å². The number of hydrogen-bond donors (Lipinski definition) is 2. The van der Waals surface area contributed by atoms with Gasteiger partial charge in [0.1, 0.15) is 5.82 Å². The number of carbonyl (C=O) groups is 3. The molecule has 0 aromatic heterocycles. The van der Waals surface area contributed by atoms with Crippen LogP contribution in [0.3, 0.4) is 0 Å². The minimum atomic E-state index is -1.03. The minimum absolute atomic E-state index is 0.123. The number of halogens is 3. The monoisotopic (exact) mass is 503 g/mol. The number of nitrogens with zero attached hydrogens (tertiary/aromatic N) is 1. The Balaban J connectivity index is 1.62. The van der Waals surface area contributed by atoms with Gasteiger partial charge in [-0.05, 0) is 66.2 Å². The molecule has 11 heteroatoms. The van der Waals surface area contributed by atoms with Crippen LogP contribution in [0.2, 0.25) is 10.0 Å². The summed E-state index contributed by atoms with van der Waals surface area (Å²) in [5, 5.41) is 6.53. The van der Waals surface area contributed by atoms with E-state index in [1.807, 2.05) is 0 Å². The van der Waals surface area contributed by atoms with Crippen LogP contribution in [0.1, 0.15) is 15.9 Å². The molecule has 3 aromatic rings. The van der Waals surface area contributed by atoms with Crippen LogP contribution in [0.5, 0.6) is 11.5 Å². The van der Waals surface area contributed by atoms with Crippen molar-refractivity contribution < 1.29 is 28.2 Å². The van der Waals surface area contributed by atoms with Crippen molar-refractivity contribution in [2.45, 2.75) is 0 Å². The van der Waals surface area contributed by atoms with E-state index in [0.717, 1.165) is 12.1 Å². The normalized spacial score (nSPS) is 10.6. The zero-order valence-corrected chi connectivity index (χ0v) is 19.0. The van der Waals surface area contributed by atoms with Crippen molar-refractivity contribution in [2.75, 3.05) is 12.4 Å². The van der Waals surface area contributed by atoms with Crippen molar-refractivity contribution in [1.82, 2.24) is 5.43 Å². The maximum Gasteiger partial charge on any atom is 0.345 e. The van der Waals surface area contributed by atoms with Gasteiger partial charge >= 0.3 is 17.8 Å². The summed E-state index contributed by atoms with van der Waals surface area (Å²) in [6.45, 7) is 0. The average molecular weight is 504 g/mol. The number of rotatable bonds is 6. The largest absolute Gasteiger partial charge is 0.493 e. The number of anilines is 1. The first-order chi connectivity index (χ1) is 16.3. The van der Waals surface area contributed by atoms with E-state index in [4.69, 9.17) is 32.7 Å². The van der Waals surface area contributed by atoms with E-state index in [1.54, 1.807) is 6.07 Å². The van der Waals surface area contributed by atoms with E-state index < -0.39 is 23.6 Å². The van der Waals surface area contributed by atoms with Crippen LogP contribution in [0.25, 0.3) is 0 Å². The van der Waals surface area contributed by atoms with Crippen molar-refractivity contribution in [1.29, 1.82) is 0 Å². The summed E-state index contributed by atoms with van der Waals surface area (Å²) in [6.07, 6.45) is 1.26. The summed E-state index contributed by atoms with van der Waals surface area (Å²) in [5.74, 6) is -2.86. The van der Waals surface area contributed by atoms with Crippen LogP contribution in [0, 0.1) is 5.82 Å². The summed E-state index contributed by atoms with van der Waals surface area (Å²) in [4.78, 5) is 36.2. The molecule has 0 saturated carbocycles. The number of ether oxygens (including phenoxy) is 2. The molecule has 2 amide bonds. The lowest BCUT2D eigenvalue weighted by molar-refractivity contribution is -0.136. The Morgan fingerprint density at radius 1 is 0.941 bits per heavy atom. The van der Waals surface area contributed by atoms with E-state index >= 15 is 0 Å². The van der Waals surface area contributed by atoms with E-state index in [-0.39, 0.29) is 27.8 Å². The number of hydrogen-bond acceptors (Lipinski definition) is 6. The van der Waals surface area contributed by atoms with E-state index in [9.17, 15) is 18.8 Å². The molecule has 3 rings (SSSR count). The van der Waals surface area contributed by atoms with Crippen LogP contribution in [0.4, 0.5) is 10.1 Å². The number of nitrogens with one attached hydrogen (secondary N) is 2. The molecule has 0 aliphatic rings. The molecular formula is C23H16Cl2FN3O5. The van der Waals surface area contributed by atoms with Crippen LogP contribution in [-0.4, -0.2) is 31.1 Å². The molecule has 34 heavy (non-hydrogen) atoms. The minimum Gasteiger partial charge on any atom is -0.493 e. The smallest absolute Gasteiger partial charge is 0.345 e. The second kappa shape index (κ2) is 11.3. The molecular weight excluding hydrogens is 488 g/mol. The number of benzene rings is 3. The molecule has 0 aliphatic carbocycles. The molecule has 0 saturated heterocycles. The van der Waals surface area contributed by atoms with E-state index in [0.29, 0.717) is 10.6 Å². The number of hydrazone groups is 1. The van der Waals surface area contributed by atoms with Gasteiger partial charge in [-0.2, -0.15) is 5.10 Å². The Bertz CT molecular complexity index is 1270. The van der Waals surface area contributed by atoms with Crippen molar-refractivity contribution in [3.05, 3.63) is 87.7 Å². The lowest BCUT2D eigenvalue weighted by Gasteiger charge is -2.10. The molecule has 0 unspecified atom stereocenters. The first-order valence-electron chi connectivity index (χ1n) is 9.52. The fourth-order valence-corrected chi connectivity index (χ4v) is 3.08. The first-order valence-corrected chi connectivity index (χ1v) is 10.3. The van der Waals surface area contributed by atoms with Gasteiger partial charge in [0.2, 0.25) is 0 Å². The maximum absolute atomic E-state index is 12.9. The Hall–Kier alpha value is -3.95. The van der Waals surface area contributed by atoms with E-state index in [2.05, 4.69) is 15.8 Å². The van der Waals surface area contributed by atoms with Gasteiger partial charge in [-0.1, -0.05) is 23.2 Å². The third-order valence-electron chi connectivity index (χ3n) is 4.23. The third kappa shape index (κ3) is 6.53. The number of methoxy groups -OCH3 is 1. The highest BCUT2D eigenvalue weighted by molar-refractivity contribution is 6.39. The second-order valence-corrected chi connectivity index (χ2v) is 7.43. The number of esters is 1. The second-order valence-electron chi connectivity index (χ2n) is 6.58. The van der Waals surface area contributed by atoms with E-state index in [1.165, 1.54) is 55.8 Å². The standard InChI is InChI=1S/C23H16Cl2FN3O5/c1-33-20-10-13(2-9-19(20)34-23(32)17-8-3-14(24)11-18(17)25)12-27-29-22(31)21(30)28-16-6-4-15(26)5-7-16/h2-12H,1H3,(H,28,30)(H,29,31)/b27-12-. The zero-order valence-electron chi connectivity index (χ0n) is 17.5. The Kier molecular flexibility index (Phi) is 8.18. The van der Waals surface area contributed by atoms with Crippen LogP contribution < -0.4 is 20.2 Å². The molecule has 8 nitrogen and oxygen atoms in total. The molecule has 0 atom stereocenters. The average Bonchev–Trinajstić information content (AvgIpc) is 2.81. The van der Waals surface area contributed by atoms with Crippen molar-refractivity contribution in [3.8, 4) is 11.5 Å². The van der Waals surface area contributed by atoms with Gasteiger partial charge in [0.25, 0.3) is 0 Å². The maximum atomic E-state index is 12.9. The summed E-state index contributed by atoms with van der Waals surface area (Å²) in [7, 11) is 1.38. The number of amides is 2. The molecule has 0 aliphatic heterocycles. The fourth-order valence-electron chi connectivity index (χ4n) is 2.60. The lowest BCUT2D eigenvalue weighted by atomic mass is 10.2. The van der Waals surface area contributed by atoms with Gasteiger partial charge in [0.15, 0.2) is 11.5 Å². The topological polar surface area (TPSA) is 106 Å². The van der Waals surface area contributed by atoms with Crippen LogP contribution >= 0.6 is 23.2 Å². The summed E-state index contributed by atoms with van der Waals surface area (Å²) >= 11 is 11.9. The van der Waals surface area contributed by atoms with Crippen molar-refractivity contribution >= 4 is 52.9 Å². The zero-order chi connectivity index (χ0) is 24.7. The highest BCUT2D eigenvalue weighted by Gasteiger charge is 2.16. The fraction of sp³-hybridized carbons (Fsp3) is 0.0435. The Morgan fingerprint density at radius 3 is 2.35 bits per heavy atom. The molecule has 0 spiro atoms. The van der Waals surface area contributed by atoms with Gasteiger partial charge in [-0.3, -0.25) is 9.59 Å². The quantitative estimate of drug-likeness (QED) is 0.170. The molecule has 0 bridgehead atoms.